The molecule has 0 heterocycles. The van der Waals surface area contributed by atoms with E-state index in [4.69, 9.17) is 24.1 Å². The van der Waals surface area contributed by atoms with Crippen molar-refractivity contribution < 1.29 is 24.1 Å². The Hall–Kier alpha value is -1.46. The lowest BCUT2D eigenvalue weighted by Gasteiger charge is -2.18. The number of hydrogen-bond acceptors (Lipinski definition) is 5. The smallest absolute Gasteiger partial charge is 0.164 e. The van der Waals surface area contributed by atoms with Crippen LogP contribution in [0.2, 0.25) is 0 Å². The van der Waals surface area contributed by atoms with E-state index in [2.05, 4.69) is 0 Å². The molecular weight excluding hydrogens is 224 g/mol. The molecule has 0 aliphatic rings. The zero-order chi connectivity index (χ0) is 12.7. The summed E-state index contributed by atoms with van der Waals surface area (Å²) in [7, 11) is 4.68. The lowest BCUT2D eigenvalue weighted by Crippen LogP contribution is -2.26. The predicted molar refractivity (Wildman–Crippen MR) is 62.9 cm³/mol. The van der Waals surface area contributed by atoms with Crippen LogP contribution in [0.5, 0.6) is 17.2 Å². The topological polar surface area (TPSA) is 57.2 Å². The van der Waals surface area contributed by atoms with Gasteiger partial charge in [-0.25, -0.2) is 0 Å². The van der Waals surface area contributed by atoms with Gasteiger partial charge in [0.05, 0.1) is 27.4 Å². The van der Waals surface area contributed by atoms with Gasteiger partial charge in [-0.15, -0.1) is 0 Å². The third-order valence-corrected chi connectivity index (χ3v) is 2.22. The fourth-order valence-electron chi connectivity index (χ4n) is 1.36. The maximum absolute atomic E-state index is 9.11. The Kier molecular flexibility index (Phi) is 5.59. The Morgan fingerprint density at radius 2 is 1.88 bits per heavy atom. The summed E-state index contributed by atoms with van der Waals surface area (Å²) in [6, 6.07) is 5.21. The van der Waals surface area contributed by atoms with Gasteiger partial charge in [-0.05, 0) is 12.1 Å². The molecule has 17 heavy (non-hydrogen) atoms. The van der Waals surface area contributed by atoms with Crippen LogP contribution >= 0.6 is 0 Å². The second kappa shape index (κ2) is 6.98. The highest BCUT2D eigenvalue weighted by Crippen LogP contribution is 2.31. The first-order chi connectivity index (χ1) is 8.24. The van der Waals surface area contributed by atoms with E-state index in [1.165, 1.54) is 0 Å². The highest BCUT2D eigenvalue weighted by atomic mass is 16.6. The molecule has 96 valence electrons. The number of aliphatic hydroxyl groups is 1. The zero-order valence-electron chi connectivity index (χ0n) is 10.3. The van der Waals surface area contributed by atoms with Crippen LogP contribution in [-0.4, -0.2) is 45.8 Å². The molecule has 0 aliphatic heterocycles. The molecule has 0 spiro atoms. The predicted octanol–water partition coefficient (Wildman–Crippen LogP) is 1.09. The van der Waals surface area contributed by atoms with Gasteiger partial charge in [0, 0.05) is 13.2 Å². The maximum atomic E-state index is 9.11. The molecule has 0 saturated carbocycles. The van der Waals surface area contributed by atoms with Crippen LogP contribution in [0.4, 0.5) is 0 Å². The van der Waals surface area contributed by atoms with Gasteiger partial charge in [0.25, 0.3) is 0 Å². The second-order valence-corrected chi connectivity index (χ2v) is 3.39. The first-order valence-electron chi connectivity index (χ1n) is 5.23. The maximum Gasteiger partial charge on any atom is 0.164 e. The highest BCUT2D eigenvalue weighted by molar-refractivity contribution is 5.45. The molecule has 1 rings (SSSR count). The van der Waals surface area contributed by atoms with Crippen LogP contribution in [0.3, 0.4) is 0 Å². The Labute approximate surface area is 101 Å². The summed E-state index contributed by atoms with van der Waals surface area (Å²) in [4.78, 5) is 0. The lowest BCUT2D eigenvalue weighted by molar-refractivity contribution is 0.0397. The van der Waals surface area contributed by atoms with Crippen molar-refractivity contribution in [1.29, 1.82) is 0 Å². The molecule has 0 aliphatic carbocycles. The average Bonchev–Trinajstić information content (AvgIpc) is 2.38. The molecule has 5 heteroatoms. The number of ether oxygens (including phenoxy) is 4. The van der Waals surface area contributed by atoms with Crippen molar-refractivity contribution in [2.75, 3.05) is 34.5 Å². The molecule has 1 aromatic carbocycles. The Morgan fingerprint density at radius 3 is 2.41 bits per heavy atom. The van der Waals surface area contributed by atoms with Gasteiger partial charge in [-0.3, -0.25) is 0 Å². The van der Waals surface area contributed by atoms with E-state index < -0.39 is 6.10 Å². The molecule has 0 fully saturated rings. The zero-order valence-corrected chi connectivity index (χ0v) is 10.3. The fraction of sp³-hybridized carbons (Fsp3) is 0.500. The van der Waals surface area contributed by atoms with Crippen molar-refractivity contribution in [3.63, 3.8) is 0 Å². The van der Waals surface area contributed by atoms with Gasteiger partial charge < -0.3 is 24.1 Å². The monoisotopic (exact) mass is 242 g/mol. The van der Waals surface area contributed by atoms with Crippen molar-refractivity contribution in [2.24, 2.45) is 0 Å². The summed E-state index contributed by atoms with van der Waals surface area (Å²) >= 11 is 0. The van der Waals surface area contributed by atoms with Gasteiger partial charge >= 0.3 is 0 Å². The van der Waals surface area contributed by atoms with Crippen molar-refractivity contribution in [2.45, 2.75) is 6.10 Å². The summed E-state index contributed by atoms with van der Waals surface area (Å²) in [6.07, 6.45) is -0.415. The second-order valence-electron chi connectivity index (χ2n) is 3.39. The summed E-state index contributed by atoms with van der Waals surface area (Å²) in [5.41, 5.74) is 0. The van der Waals surface area contributed by atoms with Crippen molar-refractivity contribution in [3.8, 4) is 17.2 Å². The summed E-state index contributed by atoms with van der Waals surface area (Å²) in [5, 5.41) is 9.11. The van der Waals surface area contributed by atoms with Crippen LogP contribution < -0.4 is 14.2 Å². The minimum absolute atomic E-state index is 0.122. The average molecular weight is 242 g/mol. The number of benzene rings is 1. The molecule has 0 bridgehead atoms. The summed E-state index contributed by atoms with van der Waals surface area (Å²) in [5.74, 6) is 1.78. The Bertz CT molecular complexity index is 340. The van der Waals surface area contributed by atoms with Crippen LogP contribution in [-0.2, 0) is 4.74 Å². The molecule has 1 aromatic rings. The molecule has 1 atom stereocenters. The first kappa shape index (κ1) is 13.6. The van der Waals surface area contributed by atoms with Crippen molar-refractivity contribution in [3.05, 3.63) is 18.2 Å². The van der Waals surface area contributed by atoms with Gasteiger partial charge in [-0.1, -0.05) is 0 Å². The van der Waals surface area contributed by atoms with Gasteiger partial charge in [-0.2, -0.15) is 0 Å². The summed E-state index contributed by atoms with van der Waals surface area (Å²) < 4.78 is 20.8. The number of hydrogen-bond donors (Lipinski definition) is 1. The van der Waals surface area contributed by atoms with E-state index in [1.807, 2.05) is 0 Å². The Balaban J connectivity index is 2.81. The number of methoxy groups -OCH3 is 3. The van der Waals surface area contributed by atoms with E-state index in [1.54, 1.807) is 39.5 Å². The van der Waals surface area contributed by atoms with E-state index in [9.17, 15) is 0 Å². The molecule has 0 amide bonds. The van der Waals surface area contributed by atoms with E-state index in [0.29, 0.717) is 23.9 Å². The molecular formula is C12H18O5. The van der Waals surface area contributed by atoms with E-state index in [0.717, 1.165) is 0 Å². The third-order valence-electron chi connectivity index (χ3n) is 2.22. The molecule has 1 unspecified atom stereocenters. The normalized spacial score (nSPS) is 12.0. The summed E-state index contributed by atoms with van der Waals surface area (Å²) in [6.45, 7) is 0.189. The van der Waals surface area contributed by atoms with Gasteiger partial charge in [0.2, 0.25) is 0 Å². The molecule has 0 saturated heterocycles. The minimum atomic E-state index is -0.415. The van der Waals surface area contributed by atoms with Gasteiger partial charge in [0.15, 0.2) is 11.5 Å². The van der Waals surface area contributed by atoms with Crippen molar-refractivity contribution in [1.82, 2.24) is 0 Å². The van der Waals surface area contributed by atoms with Crippen LogP contribution in [0, 0.1) is 0 Å². The quantitative estimate of drug-likeness (QED) is 0.775. The highest BCUT2D eigenvalue weighted by Gasteiger charge is 2.13. The van der Waals surface area contributed by atoms with Crippen LogP contribution in [0.1, 0.15) is 0 Å². The van der Waals surface area contributed by atoms with Gasteiger partial charge in [0.1, 0.15) is 11.9 Å². The number of aliphatic hydroxyl groups excluding tert-OH is 1. The fourth-order valence-corrected chi connectivity index (χ4v) is 1.36. The van der Waals surface area contributed by atoms with E-state index >= 15 is 0 Å². The largest absolute Gasteiger partial charge is 0.497 e. The molecule has 5 nitrogen and oxygen atoms in total. The molecule has 1 N–H and O–H groups in total. The number of rotatable bonds is 7. The van der Waals surface area contributed by atoms with Crippen LogP contribution in [0.15, 0.2) is 18.2 Å². The SMILES string of the molecule is COCC(CO)Oc1ccc(OC)cc1OC. The van der Waals surface area contributed by atoms with E-state index in [-0.39, 0.29) is 6.61 Å². The first-order valence-corrected chi connectivity index (χ1v) is 5.23. The Morgan fingerprint density at radius 1 is 1.12 bits per heavy atom. The third kappa shape index (κ3) is 3.80. The van der Waals surface area contributed by atoms with Crippen LogP contribution in [0.25, 0.3) is 0 Å². The minimum Gasteiger partial charge on any atom is -0.497 e. The molecule has 0 aromatic heterocycles. The van der Waals surface area contributed by atoms with Crippen molar-refractivity contribution >= 4 is 0 Å². The standard InChI is InChI=1S/C12H18O5/c1-14-8-10(7-13)17-11-5-4-9(15-2)6-12(11)16-3/h4-6,10,13H,7-8H2,1-3H3. The molecule has 0 radical (unpaired) electrons. The lowest BCUT2D eigenvalue weighted by atomic mass is 10.3.